The maximum absolute atomic E-state index is 12.9. The summed E-state index contributed by atoms with van der Waals surface area (Å²) in [4.78, 5) is 18.0. The Bertz CT molecular complexity index is 1900. The van der Waals surface area contributed by atoms with Crippen LogP contribution in [0.2, 0.25) is 10.0 Å². The van der Waals surface area contributed by atoms with Gasteiger partial charge in [-0.1, -0.05) is 108 Å². The zero-order valence-corrected chi connectivity index (χ0v) is 26.1. The second-order valence-corrected chi connectivity index (χ2v) is 12.7. The van der Waals surface area contributed by atoms with Crippen molar-refractivity contribution in [1.82, 2.24) is 9.55 Å². The van der Waals surface area contributed by atoms with Crippen LogP contribution in [0.5, 0.6) is 0 Å². The molecule has 0 amide bonds. The Hall–Kier alpha value is -4.22. The summed E-state index contributed by atoms with van der Waals surface area (Å²) in [5, 5.41) is 12.0. The van der Waals surface area contributed by atoms with E-state index in [4.69, 9.17) is 28.2 Å². The number of carbonyl (C=O) groups excluding carboxylic acids is 1. The van der Waals surface area contributed by atoms with Gasteiger partial charge in [-0.15, -0.1) is 0 Å². The molecular formula is C39H32Cl2N2O2. The third-order valence-corrected chi connectivity index (χ3v) is 9.21. The molecule has 224 valence electrons. The molecule has 1 aromatic heterocycles. The van der Waals surface area contributed by atoms with Gasteiger partial charge in [0.1, 0.15) is 11.9 Å². The predicted octanol–water partition coefficient (Wildman–Crippen LogP) is 9.56. The number of aryl methyl sites for hydroxylation is 2. The van der Waals surface area contributed by atoms with Gasteiger partial charge < -0.3 is 9.67 Å². The molecule has 1 atom stereocenters. The van der Waals surface area contributed by atoms with E-state index in [1.807, 2.05) is 66.7 Å². The third kappa shape index (κ3) is 6.32. The maximum atomic E-state index is 12.9. The third-order valence-electron chi connectivity index (χ3n) is 8.71. The van der Waals surface area contributed by atoms with Crippen molar-refractivity contribution in [1.29, 1.82) is 0 Å². The van der Waals surface area contributed by atoms with Gasteiger partial charge in [0.2, 0.25) is 0 Å². The van der Waals surface area contributed by atoms with Crippen molar-refractivity contribution in [3.8, 4) is 0 Å². The molecule has 1 saturated carbocycles. The molecule has 0 bridgehead atoms. The van der Waals surface area contributed by atoms with Gasteiger partial charge in [0.15, 0.2) is 5.78 Å². The molecule has 6 aromatic rings. The molecule has 45 heavy (non-hydrogen) atoms. The molecule has 0 radical (unpaired) electrons. The van der Waals surface area contributed by atoms with Crippen LogP contribution in [-0.4, -0.2) is 20.4 Å². The molecule has 4 nitrogen and oxygen atoms in total. The van der Waals surface area contributed by atoms with E-state index >= 15 is 0 Å². The largest absolute Gasteiger partial charge is 0.380 e. The topological polar surface area (TPSA) is 55.1 Å². The van der Waals surface area contributed by atoms with Gasteiger partial charge in [0.25, 0.3) is 0 Å². The fourth-order valence-electron chi connectivity index (χ4n) is 6.14. The van der Waals surface area contributed by atoms with Gasteiger partial charge in [0.05, 0.1) is 11.0 Å². The molecule has 1 heterocycles. The number of Topliss-reactive ketones (excluding diaryl/α,β-unsaturated/α-hetero) is 1. The smallest absolute Gasteiger partial charge is 0.195 e. The van der Waals surface area contributed by atoms with Crippen LogP contribution >= 0.6 is 23.2 Å². The van der Waals surface area contributed by atoms with E-state index < -0.39 is 6.10 Å². The second kappa shape index (κ2) is 12.6. The number of benzene rings is 5. The first-order valence-electron chi connectivity index (χ1n) is 15.3. The van der Waals surface area contributed by atoms with E-state index in [1.165, 1.54) is 5.56 Å². The highest BCUT2D eigenvalue weighted by molar-refractivity contribution is 6.30. The average molecular weight is 632 g/mol. The first-order chi connectivity index (χ1) is 21.9. The molecule has 1 aliphatic carbocycles. The Balaban J connectivity index is 1.18. The highest BCUT2D eigenvalue weighted by atomic mass is 35.5. The van der Waals surface area contributed by atoms with Crippen LogP contribution in [0.15, 0.2) is 121 Å². The van der Waals surface area contributed by atoms with Crippen LogP contribution in [0.3, 0.4) is 0 Å². The standard InChI is InChI=1S/C39H32Cl2N2O2/c40-32-17-12-26(13-18-32)36(27-14-19-33(41)20-15-27)31-16-21-34-35(24-31)43(39(42-34)30-10-11-30)23-22-25-6-8-29(9-7-25)38(45)37(44)28-4-2-1-3-5-28/h1-9,12-21,24,30,36-37,44H,10-11,22-23H2. The SMILES string of the molecule is O=C(c1ccc(CCn2c(C3CC3)nc3ccc(C(c4ccc(Cl)cc4)c4ccc(Cl)cc4)cc32)cc1)C(O)c1ccccc1. The zero-order chi connectivity index (χ0) is 30.9. The quantitative estimate of drug-likeness (QED) is 0.121. The molecule has 1 fully saturated rings. The van der Waals surface area contributed by atoms with Gasteiger partial charge >= 0.3 is 0 Å². The molecule has 1 N–H and O–H groups in total. The van der Waals surface area contributed by atoms with Crippen LogP contribution in [0.25, 0.3) is 11.0 Å². The maximum Gasteiger partial charge on any atom is 0.195 e. The van der Waals surface area contributed by atoms with Gasteiger partial charge in [-0.05, 0) is 83.5 Å². The van der Waals surface area contributed by atoms with E-state index in [0.717, 1.165) is 59.4 Å². The minimum absolute atomic E-state index is 0.00739. The first kappa shape index (κ1) is 29.5. The van der Waals surface area contributed by atoms with Crippen molar-refractivity contribution in [3.63, 3.8) is 0 Å². The van der Waals surface area contributed by atoms with E-state index in [9.17, 15) is 9.90 Å². The summed E-state index contributed by atoms with van der Waals surface area (Å²) in [7, 11) is 0. The Labute approximate surface area is 272 Å². The van der Waals surface area contributed by atoms with Crippen LogP contribution in [0.1, 0.15) is 74.8 Å². The van der Waals surface area contributed by atoms with Crippen molar-refractivity contribution in [2.24, 2.45) is 0 Å². The summed E-state index contributed by atoms with van der Waals surface area (Å²) in [5.41, 5.74) is 7.84. The molecule has 6 heteroatoms. The number of aliphatic hydroxyl groups excluding tert-OH is 1. The molecule has 7 rings (SSSR count). The Morgan fingerprint density at radius 2 is 1.36 bits per heavy atom. The van der Waals surface area contributed by atoms with E-state index in [-0.39, 0.29) is 11.7 Å². The van der Waals surface area contributed by atoms with Crippen molar-refractivity contribution < 1.29 is 9.90 Å². The number of aromatic nitrogens is 2. The summed E-state index contributed by atoms with van der Waals surface area (Å²) >= 11 is 12.5. The van der Waals surface area contributed by atoms with Crippen LogP contribution < -0.4 is 0 Å². The van der Waals surface area contributed by atoms with E-state index in [2.05, 4.69) is 47.0 Å². The second-order valence-electron chi connectivity index (χ2n) is 11.8. The van der Waals surface area contributed by atoms with Crippen molar-refractivity contribution in [2.75, 3.05) is 0 Å². The van der Waals surface area contributed by atoms with Crippen molar-refractivity contribution in [3.05, 3.63) is 171 Å². The van der Waals surface area contributed by atoms with Gasteiger partial charge in [0, 0.05) is 34.0 Å². The Morgan fingerprint density at radius 1 is 0.756 bits per heavy atom. The van der Waals surface area contributed by atoms with Crippen molar-refractivity contribution >= 4 is 40.0 Å². The number of ketones is 1. The molecular weight excluding hydrogens is 599 g/mol. The highest BCUT2D eigenvalue weighted by Crippen LogP contribution is 2.42. The number of halogens is 2. The summed E-state index contributed by atoms with van der Waals surface area (Å²) in [6, 6.07) is 39.4. The lowest BCUT2D eigenvalue weighted by Crippen LogP contribution is -2.12. The Kier molecular flexibility index (Phi) is 8.29. The van der Waals surface area contributed by atoms with E-state index in [1.54, 1.807) is 12.1 Å². The fourth-order valence-corrected chi connectivity index (χ4v) is 6.39. The highest BCUT2D eigenvalue weighted by Gasteiger charge is 2.30. The van der Waals surface area contributed by atoms with E-state index in [0.29, 0.717) is 27.1 Å². The normalized spacial score (nSPS) is 13.8. The number of nitrogens with zero attached hydrogens (tertiary/aromatic N) is 2. The molecule has 0 aliphatic heterocycles. The predicted molar refractivity (Wildman–Crippen MR) is 181 cm³/mol. The molecule has 1 aliphatic rings. The minimum Gasteiger partial charge on any atom is -0.380 e. The number of hydrogen-bond acceptors (Lipinski definition) is 3. The lowest BCUT2D eigenvalue weighted by Gasteiger charge is -2.20. The van der Waals surface area contributed by atoms with Gasteiger partial charge in [-0.25, -0.2) is 4.98 Å². The number of hydrogen-bond donors (Lipinski definition) is 1. The zero-order valence-electron chi connectivity index (χ0n) is 24.6. The van der Waals surface area contributed by atoms with Crippen LogP contribution in [-0.2, 0) is 13.0 Å². The number of aliphatic hydroxyl groups is 1. The molecule has 1 unspecified atom stereocenters. The van der Waals surface area contributed by atoms with Crippen molar-refractivity contribution in [2.45, 2.75) is 43.7 Å². The lowest BCUT2D eigenvalue weighted by molar-refractivity contribution is 0.0747. The van der Waals surface area contributed by atoms with Crippen LogP contribution in [0, 0.1) is 0 Å². The van der Waals surface area contributed by atoms with Gasteiger partial charge in [-0.2, -0.15) is 0 Å². The summed E-state index contributed by atoms with van der Waals surface area (Å²) < 4.78 is 2.38. The molecule has 0 spiro atoms. The number of imidazole rings is 1. The fraction of sp³-hybridized carbons (Fsp3) is 0.179. The average Bonchev–Trinajstić information content (AvgIpc) is 3.86. The number of fused-ring (bicyclic) bond motifs is 1. The molecule has 5 aromatic carbocycles. The summed E-state index contributed by atoms with van der Waals surface area (Å²) in [6.45, 7) is 0.776. The minimum atomic E-state index is -1.17. The van der Waals surface area contributed by atoms with Gasteiger partial charge in [-0.3, -0.25) is 4.79 Å². The Morgan fingerprint density at radius 3 is 1.96 bits per heavy atom. The number of rotatable bonds is 10. The monoisotopic (exact) mass is 630 g/mol. The summed E-state index contributed by atoms with van der Waals surface area (Å²) in [5.74, 6) is 1.35. The first-order valence-corrected chi connectivity index (χ1v) is 16.1. The van der Waals surface area contributed by atoms with Crippen LogP contribution in [0.4, 0.5) is 0 Å². The lowest BCUT2D eigenvalue weighted by atomic mass is 9.85. The molecule has 0 saturated heterocycles. The summed E-state index contributed by atoms with van der Waals surface area (Å²) in [6.07, 6.45) is 1.95. The number of carbonyl (C=O) groups is 1.